The fourth-order valence-electron chi connectivity index (χ4n) is 3.75. The summed E-state index contributed by atoms with van der Waals surface area (Å²) in [5.74, 6) is 2.25. The first kappa shape index (κ1) is 20.4. The van der Waals surface area contributed by atoms with Crippen molar-refractivity contribution in [3.8, 4) is 17.1 Å². The third kappa shape index (κ3) is 4.06. The molecule has 0 unspecified atom stereocenters. The van der Waals surface area contributed by atoms with Crippen LogP contribution in [0.5, 0.6) is 0 Å². The second kappa shape index (κ2) is 8.90. The smallest absolute Gasteiger partial charge is 0.148 e. The molecule has 30 heavy (non-hydrogen) atoms. The highest BCUT2D eigenvalue weighted by molar-refractivity contribution is 6.30. The van der Waals surface area contributed by atoms with Gasteiger partial charge in [0.1, 0.15) is 11.6 Å². The number of pyridine rings is 1. The number of hydrogen-bond donors (Lipinski definition) is 0. The number of benzene rings is 1. The van der Waals surface area contributed by atoms with Gasteiger partial charge in [-0.15, -0.1) is 0 Å². The largest absolute Gasteiger partial charge is 0.381 e. The molecule has 0 atom stereocenters. The van der Waals surface area contributed by atoms with E-state index >= 15 is 0 Å². The quantitative estimate of drug-likeness (QED) is 0.456. The molecule has 0 spiro atoms. The summed E-state index contributed by atoms with van der Waals surface area (Å²) in [4.78, 5) is 18.3. The summed E-state index contributed by atoms with van der Waals surface area (Å²) in [5, 5.41) is 0.693. The lowest BCUT2D eigenvalue weighted by molar-refractivity contribution is 0.0660. The van der Waals surface area contributed by atoms with Crippen molar-refractivity contribution < 1.29 is 4.74 Å². The summed E-state index contributed by atoms with van der Waals surface area (Å²) in [6.45, 7) is 1.67. The van der Waals surface area contributed by atoms with Crippen LogP contribution in [0.2, 0.25) is 5.02 Å². The summed E-state index contributed by atoms with van der Waals surface area (Å²) >= 11 is 6.08. The Balaban J connectivity index is 0.00000218. The van der Waals surface area contributed by atoms with Crippen molar-refractivity contribution in [1.29, 1.82) is 0 Å². The first-order valence-corrected chi connectivity index (χ1v) is 10.1. The van der Waals surface area contributed by atoms with E-state index in [0.29, 0.717) is 10.9 Å². The Hall–Kier alpha value is -2.83. The van der Waals surface area contributed by atoms with Crippen LogP contribution in [-0.4, -0.2) is 37.7 Å². The van der Waals surface area contributed by atoms with Gasteiger partial charge < -0.3 is 4.74 Å². The van der Waals surface area contributed by atoms with Gasteiger partial charge in [-0.2, -0.15) is 0 Å². The van der Waals surface area contributed by atoms with Gasteiger partial charge in [0, 0.05) is 48.9 Å². The molecule has 0 bridgehead atoms. The van der Waals surface area contributed by atoms with E-state index in [1.165, 1.54) is 0 Å². The molecule has 1 fully saturated rings. The molecule has 6 nitrogen and oxygen atoms in total. The van der Waals surface area contributed by atoms with Gasteiger partial charge >= 0.3 is 0 Å². The van der Waals surface area contributed by atoms with E-state index < -0.39 is 0 Å². The number of imidazole rings is 1. The van der Waals surface area contributed by atoms with Gasteiger partial charge in [-0.1, -0.05) is 19.0 Å². The molecule has 0 radical (unpaired) electrons. The average Bonchev–Trinajstić information content (AvgIpc) is 3.15. The van der Waals surface area contributed by atoms with Gasteiger partial charge in [0.2, 0.25) is 0 Å². The maximum absolute atomic E-state index is 6.08. The second-order valence-corrected chi connectivity index (χ2v) is 7.70. The third-order valence-electron chi connectivity index (χ3n) is 5.32. The fourth-order valence-corrected chi connectivity index (χ4v) is 3.88. The molecular formula is C23H24ClN5O. The number of rotatable bonds is 4. The Morgan fingerprint density at radius 1 is 1.00 bits per heavy atom. The lowest BCUT2D eigenvalue weighted by Gasteiger charge is -2.21. The van der Waals surface area contributed by atoms with Crippen LogP contribution in [0, 0.1) is 5.92 Å². The second-order valence-electron chi connectivity index (χ2n) is 7.26. The predicted octanol–water partition coefficient (Wildman–Crippen LogP) is 5.14. The predicted molar refractivity (Wildman–Crippen MR) is 119 cm³/mol. The molecule has 1 aliphatic rings. The van der Waals surface area contributed by atoms with Crippen LogP contribution in [-0.2, 0) is 11.2 Å². The maximum atomic E-state index is 6.08. The summed E-state index contributed by atoms with van der Waals surface area (Å²) in [6, 6.07) is 9.60. The molecular weight excluding hydrogens is 398 g/mol. The maximum Gasteiger partial charge on any atom is 0.148 e. The van der Waals surface area contributed by atoms with Crippen LogP contribution < -0.4 is 0 Å². The standard InChI is InChI=1S/C22H20ClN5O.CH4/c23-17-1-3-18(4-2-17)28-20-14-24-8-5-19(20)27-22(28)16-12-25-21(26-13-16)11-15-6-9-29-10-7-15;/h1-5,8,12-15H,6-7,9-11H2;1H4. The minimum atomic E-state index is 0. The van der Waals surface area contributed by atoms with E-state index in [1.807, 2.05) is 48.9 Å². The van der Waals surface area contributed by atoms with Crippen molar-refractivity contribution in [2.75, 3.05) is 13.2 Å². The lowest BCUT2D eigenvalue weighted by atomic mass is 9.96. The zero-order chi connectivity index (χ0) is 19.6. The van der Waals surface area contributed by atoms with Crippen molar-refractivity contribution in [2.45, 2.75) is 26.7 Å². The topological polar surface area (TPSA) is 65.7 Å². The third-order valence-corrected chi connectivity index (χ3v) is 5.57. The lowest BCUT2D eigenvalue weighted by Crippen LogP contribution is -2.18. The van der Waals surface area contributed by atoms with Gasteiger partial charge in [0.15, 0.2) is 0 Å². The molecule has 1 aromatic carbocycles. The summed E-state index contributed by atoms with van der Waals surface area (Å²) < 4.78 is 7.51. The van der Waals surface area contributed by atoms with Crippen LogP contribution in [0.4, 0.5) is 0 Å². The Morgan fingerprint density at radius 2 is 1.73 bits per heavy atom. The van der Waals surface area contributed by atoms with Gasteiger partial charge in [-0.3, -0.25) is 9.55 Å². The van der Waals surface area contributed by atoms with E-state index in [1.54, 1.807) is 6.20 Å². The molecule has 4 aromatic rings. The number of halogens is 1. The average molecular weight is 422 g/mol. The molecule has 1 saturated heterocycles. The van der Waals surface area contributed by atoms with Crippen molar-refractivity contribution >= 4 is 22.6 Å². The number of aromatic nitrogens is 5. The van der Waals surface area contributed by atoms with Gasteiger partial charge in [-0.25, -0.2) is 15.0 Å². The monoisotopic (exact) mass is 421 g/mol. The van der Waals surface area contributed by atoms with Crippen LogP contribution in [0.1, 0.15) is 26.1 Å². The van der Waals surface area contributed by atoms with E-state index in [0.717, 1.165) is 66.4 Å². The number of nitrogens with zero attached hydrogens (tertiary/aromatic N) is 5. The van der Waals surface area contributed by atoms with Crippen LogP contribution in [0.25, 0.3) is 28.1 Å². The minimum Gasteiger partial charge on any atom is -0.381 e. The summed E-state index contributed by atoms with van der Waals surface area (Å²) in [5.41, 5.74) is 3.63. The number of ether oxygens (including phenoxy) is 1. The van der Waals surface area contributed by atoms with Crippen LogP contribution in [0.15, 0.2) is 55.1 Å². The highest BCUT2D eigenvalue weighted by atomic mass is 35.5. The molecule has 0 N–H and O–H groups in total. The highest BCUT2D eigenvalue weighted by Gasteiger charge is 2.18. The summed E-state index contributed by atoms with van der Waals surface area (Å²) in [7, 11) is 0. The van der Waals surface area contributed by atoms with Gasteiger partial charge in [0.25, 0.3) is 0 Å². The molecule has 7 heteroatoms. The van der Waals surface area contributed by atoms with Crippen LogP contribution >= 0.6 is 11.6 Å². The van der Waals surface area contributed by atoms with E-state index in [9.17, 15) is 0 Å². The molecule has 1 aliphatic heterocycles. The van der Waals surface area contributed by atoms with Crippen molar-refractivity contribution in [3.63, 3.8) is 0 Å². The highest BCUT2D eigenvalue weighted by Crippen LogP contribution is 2.28. The Labute approximate surface area is 180 Å². The van der Waals surface area contributed by atoms with E-state index in [2.05, 4.69) is 19.5 Å². The minimum absolute atomic E-state index is 0. The Bertz CT molecular complexity index is 1120. The molecule has 5 rings (SSSR count). The molecule has 154 valence electrons. The Kier molecular flexibility index (Phi) is 6.06. The first-order chi connectivity index (χ1) is 14.3. The zero-order valence-electron chi connectivity index (χ0n) is 15.8. The molecule has 0 saturated carbocycles. The van der Waals surface area contributed by atoms with Crippen LogP contribution in [0.3, 0.4) is 0 Å². The molecule has 4 heterocycles. The normalized spacial score (nSPS) is 14.6. The summed E-state index contributed by atoms with van der Waals surface area (Å²) in [6.07, 6.45) is 10.3. The number of fused-ring (bicyclic) bond motifs is 1. The number of hydrogen-bond acceptors (Lipinski definition) is 5. The van der Waals surface area contributed by atoms with Crippen molar-refractivity contribution in [3.05, 3.63) is 66.0 Å². The SMILES string of the molecule is C.Clc1ccc(-n2c(-c3cnc(CC4CCOCC4)nc3)nc3ccncc32)cc1. The van der Waals surface area contributed by atoms with E-state index in [4.69, 9.17) is 21.3 Å². The van der Waals surface area contributed by atoms with Gasteiger partial charge in [0.05, 0.1) is 22.8 Å². The molecule has 0 amide bonds. The van der Waals surface area contributed by atoms with E-state index in [-0.39, 0.29) is 7.43 Å². The molecule has 3 aromatic heterocycles. The fraction of sp³-hybridized carbons (Fsp3) is 0.304. The van der Waals surface area contributed by atoms with Crippen molar-refractivity contribution in [2.24, 2.45) is 5.92 Å². The molecule has 0 aliphatic carbocycles. The Morgan fingerprint density at radius 3 is 2.47 bits per heavy atom. The first-order valence-electron chi connectivity index (χ1n) is 9.75. The van der Waals surface area contributed by atoms with Gasteiger partial charge in [-0.05, 0) is 49.1 Å². The zero-order valence-corrected chi connectivity index (χ0v) is 16.6. The van der Waals surface area contributed by atoms with Crippen molar-refractivity contribution in [1.82, 2.24) is 24.5 Å².